The molecule has 102 valence electrons. The van der Waals surface area contributed by atoms with E-state index in [1.165, 1.54) is 43.0 Å². The Morgan fingerprint density at radius 3 is 2.26 bits per heavy atom. The summed E-state index contributed by atoms with van der Waals surface area (Å²) < 4.78 is 4.76. The van der Waals surface area contributed by atoms with Gasteiger partial charge in [-0.1, -0.05) is 0 Å². The van der Waals surface area contributed by atoms with Crippen LogP contribution in [0.3, 0.4) is 0 Å². The monoisotopic (exact) mass is 266 g/mol. The summed E-state index contributed by atoms with van der Waals surface area (Å²) in [5.74, 6) is -0.659. The van der Waals surface area contributed by atoms with Crippen LogP contribution in [0.15, 0.2) is 24.3 Å². The van der Waals surface area contributed by atoms with Gasteiger partial charge in [-0.3, -0.25) is 19.7 Å². The van der Waals surface area contributed by atoms with Gasteiger partial charge in [0, 0.05) is 31.7 Å². The number of non-ortho nitro benzene ring substituents is 1. The maximum Gasteiger partial charge on any atom is 0.302 e. The van der Waals surface area contributed by atoms with Gasteiger partial charge in [-0.15, -0.1) is 0 Å². The number of rotatable bonds is 5. The zero-order valence-electron chi connectivity index (χ0n) is 10.7. The summed E-state index contributed by atoms with van der Waals surface area (Å²) in [7, 11) is 0. The molecule has 0 N–H and O–H groups in total. The van der Waals surface area contributed by atoms with Crippen LogP contribution < -0.4 is 4.90 Å². The van der Waals surface area contributed by atoms with Crippen molar-refractivity contribution in [2.24, 2.45) is 0 Å². The van der Waals surface area contributed by atoms with Crippen molar-refractivity contribution in [1.82, 2.24) is 0 Å². The number of nitro groups is 1. The lowest BCUT2D eigenvalue weighted by Gasteiger charge is -2.20. The second kappa shape index (κ2) is 6.48. The lowest BCUT2D eigenvalue weighted by Crippen LogP contribution is -2.32. The quantitative estimate of drug-likeness (QED) is 0.457. The Labute approximate surface area is 109 Å². The Morgan fingerprint density at radius 2 is 1.84 bits per heavy atom. The van der Waals surface area contributed by atoms with Crippen LogP contribution in [0.4, 0.5) is 11.4 Å². The van der Waals surface area contributed by atoms with Crippen molar-refractivity contribution < 1.29 is 19.2 Å². The summed E-state index contributed by atoms with van der Waals surface area (Å²) in [6, 6.07) is 5.59. The molecule has 0 aromatic heterocycles. The zero-order chi connectivity index (χ0) is 14.4. The van der Waals surface area contributed by atoms with Gasteiger partial charge in [0.05, 0.1) is 11.5 Å². The second-order valence-electron chi connectivity index (χ2n) is 3.78. The van der Waals surface area contributed by atoms with Crippen LogP contribution in [0.2, 0.25) is 0 Å². The summed E-state index contributed by atoms with van der Waals surface area (Å²) in [6.07, 6.45) is 0. The molecule has 0 saturated carbocycles. The third-order valence-corrected chi connectivity index (χ3v) is 2.37. The van der Waals surface area contributed by atoms with E-state index >= 15 is 0 Å². The minimum atomic E-state index is -0.513. The number of nitrogens with zero attached hydrogens (tertiary/aromatic N) is 2. The Bertz CT molecular complexity index is 483. The lowest BCUT2D eigenvalue weighted by atomic mass is 10.2. The lowest BCUT2D eigenvalue weighted by molar-refractivity contribution is -0.384. The third-order valence-electron chi connectivity index (χ3n) is 2.37. The van der Waals surface area contributed by atoms with Crippen molar-refractivity contribution >= 4 is 23.3 Å². The number of hydrogen-bond acceptors (Lipinski definition) is 5. The molecule has 0 radical (unpaired) electrons. The van der Waals surface area contributed by atoms with E-state index in [0.717, 1.165) is 0 Å². The van der Waals surface area contributed by atoms with E-state index in [-0.39, 0.29) is 24.7 Å². The summed E-state index contributed by atoms with van der Waals surface area (Å²) in [4.78, 5) is 33.5. The van der Waals surface area contributed by atoms with Crippen molar-refractivity contribution in [3.05, 3.63) is 34.4 Å². The molecule has 1 aromatic carbocycles. The topological polar surface area (TPSA) is 89.8 Å². The maximum atomic E-state index is 11.5. The molecular formula is C12H14N2O5. The number of anilines is 1. The van der Waals surface area contributed by atoms with Gasteiger partial charge < -0.3 is 9.64 Å². The first-order valence-electron chi connectivity index (χ1n) is 5.57. The number of ether oxygens (including phenoxy) is 1. The summed E-state index contributed by atoms with van der Waals surface area (Å²) >= 11 is 0. The number of nitro benzene ring substituents is 1. The van der Waals surface area contributed by atoms with Gasteiger partial charge in [-0.2, -0.15) is 0 Å². The van der Waals surface area contributed by atoms with Gasteiger partial charge >= 0.3 is 5.97 Å². The number of hydrogen-bond donors (Lipinski definition) is 0. The van der Waals surface area contributed by atoms with Crippen LogP contribution in [0.25, 0.3) is 0 Å². The molecule has 0 aliphatic heterocycles. The molecule has 0 aliphatic rings. The van der Waals surface area contributed by atoms with Crippen LogP contribution in [0.5, 0.6) is 0 Å². The molecule has 0 atom stereocenters. The predicted octanol–water partition coefficient (Wildman–Crippen LogP) is 1.51. The van der Waals surface area contributed by atoms with Crippen LogP contribution in [-0.4, -0.2) is 30.0 Å². The maximum absolute atomic E-state index is 11.5. The highest BCUT2D eigenvalue weighted by molar-refractivity contribution is 5.91. The molecule has 0 fully saturated rings. The minimum Gasteiger partial charge on any atom is -0.464 e. The highest BCUT2D eigenvalue weighted by atomic mass is 16.6. The van der Waals surface area contributed by atoms with Crippen molar-refractivity contribution in [3.63, 3.8) is 0 Å². The summed E-state index contributed by atoms with van der Waals surface area (Å²) in [5.41, 5.74) is 0.470. The largest absolute Gasteiger partial charge is 0.464 e. The predicted molar refractivity (Wildman–Crippen MR) is 67.8 cm³/mol. The molecule has 0 heterocycles. The summed E-state index contributed by atoms with van der Waals surface area (Å²) in [6.45, 7) is 2.93. The number of carbonyl (C=O) groups excluding carboxylic acids is 2. The highest BCUT2D eigenvalue weighted by Gasteiger charge is 2.13. The van der Waals surface area contributed by atoms with Gasteiger partial charge in [0.1, 0.15) is 6.61 Å². The van der Waals surface area contributed by atoms with Crippen molar-refractivity contribution in [3.8, 4) is 0 Å². The SMILES string of the molecule is CC(=O)OCCN(C(C)=O)c1ccc([N+](=O)[O-])cc1. The van der Waals surface area contributed by atoms with Crippen molar-refractivity contribution in [1.29, 1.82) is 0 Å². The van der Waals surface area contributed by atoms with Crippen molar-refractivity contribution in [2.75, 3.05) is 18.1 Å². The van der Waals surface area contributed by atoms with Crippen LogP contribution in [0.1, 0.15) is 13.8 Å². The Hall–Kier alpha value is -2.44. The number of carbonyl (C=O) groups is 2. The van der Waals surface area contributed by atoms with E-state index in [0.29, 0.717) is 5.69 Å². The Balaban J connectivity index is 2.78. The molecule has 0 bridgehead atoms. The first kappa shape index (κ1) is 14.6. The second-order valence-corrected chi connectivity index (χ2v) is 3.78. The van der Waals surface area contributed by atoms with Gasteiger partial charge in [-0.25, -0.2) is 0 Å². The molecule has 1 rings (SSSR count). The molecule has 19 heavy (non-hydrogen) atoms. The Kier molecular flexibility index (Phi) is 4.99. The van der Waals surface area contributed by atoms with E-state index in [2.05, 4.69) is 0 Å². The molecule has 7 heteroatoms. The molecule has 1 aromatic rings. The van der Waals surface area contributed by atoms with E-state index < -0.39 is 10.9 Å². The fraction of sp³-hybridized carbons (Fsp3) is 0.333. The summed E-state index contributed by atoms with van der Waals surface area (Å²) in [5, 5.41) is 10.5. The average Bonchev–Trinajstić information content (AvgIpc) is 2.34. The van der Waals surface area contributed by atoms with Crippen molar-refractivity contribution in [2.45, 2.75) is 13.8 Å². The van der Waals surface area contributed by atoms with Gasteiger partial charge in [0.2, 0.25) is 5.91 Å². The molecule has 0 unspecified atom stereocenters. The smallest absolute Gasteiger partial charge is 0.302 e. The average molecular weight is 266 g/mol. The Morgan fingerprint density at radius 1 is 1.26 bits per heavy atom. The highest BCUT2D eigenvalue weighted by Crippen LogP contribution is 2.19. The van der Waals surface area contributed by atoms with Gasteiger partial charge in [-0.05, 0) is 12.1 Å². The molecule has 0 saturated heterocycles. The van der Waals surface area contributed by atoms with Crippen LogP contribution in [0, 0.1) is 10.1 Å². The molecular weight excluding hydrogens is 252 g/mol. The third kappa shape index (κ3) is 4.38. The number of benzene rings is 1. The van der Waals surface area contributed by atoms with E-state index in [1.807, 2.05) is 0 Å². The van der Waals surface area contributed by atoms with Gasteiger partial charge in [0.15, 0.2) is 0 Å². The molecule has 0 spiro atoms. The number of amides is 1. The van der Waals surface area contributed by atoms with E-state index in [4.69, 9.17) is 4.74 Å². The van der Waals surface area contributed by atoms with E-state index in [9.17, 15) is 19.7 Å². The van der Waals surface area contributed by atoms with Crippen LogP contribution in [-0.2, 0) is 14.3 Å². The van der Waals surface area contributed by atoms with Gasteiger partial charge in [0.25, 0.3) is 5.69 Å². The van der Waals surface area contributed by atoms with Crippen LogP contribution >= 0.6 is 0 Å². The molecule has 0 aliphatic carbocycles. The molecule has 7 nitrogen and oxygen atoms in total. The minimum absolute atomic E-state index is 0.0489. The van der Waals surface area contributed by atoms with E-state index in [1.54, 1.807) is 0 Å². The number of esters is 1. The zero-order valence-corrected chi connectivity index (χ0v) is 10.7. The fourth-order valence-corrected chi connectivity index (χ4v) is 1.50. The first-order valence-corrected chi connectivity index (χ1v) is 5.57. The fourth-order valence-electron chi connectivity index (χ4n) is 1.50. The first-order chi connectivity index (χ1) is 8.91. The molecule has 1 amide bonds. The normalized spacial score (nSPS) is 9.79. The standard InChI is InChI=1S/C12H14N2O5/c1-9(15)13(7-8-19-10(2)16)11-3-5-12(6-4-11)14(17)18/h3-6H,7-8H2,1-2H3.